The molecule has 0 spiro atoms. The van der Waals surface area contributed by atoms with Crippen molar-refractivity contribution in [1.82, 2.24) is 14.3 Å². The Bertz CT molecular complexity index is 1440. The minimum atomic E-state index is -4.56. The molecule has 0 aliphatic heterocycles. The van der Waals surface area contributed by atoms with E-state index in [0.717, 1.165) is 27.5 Å². The van der Waals surface area contributed by atoms with Gasteiger partial charge in [0.25, 0.3) is 0 Å². The van der Waals surface area contributed by atoms with Crippen LogP contribution in [-0.4, -0.2) is 52.0 Å². The monoisotopic (exact) mass is 580 g/mol. The van der Waals surface area contributed by atoms with E-state index in [1.54, 1.807) is 20.8 Å². The van der Waals surface area contributed by atoms with Gasteiger partial charge in [0.1, 0.15) is 22.9 Å². The number of sulfonamides is 1. The standard InChI is InChI=1S/C26H27F3N4O6S/c1-25(2,3)39-24(36)33(17-23(34)35)22-8-4-6-20(31-22)16-32(40(37,38)21-7-5-13-30-14-21)15-18-9-11-19(12-10-18)26(27,28)29/h4-14H,15-17H2,1-3H3,(H,34,35). The van der Waals surface area contributed by atoms with E-state index >= 15 is 0 Å². The Morgan fingerprint density at radius 2 is 1.65 bits per heavy atom. The number of alkyl halides is 3. The van der Waals surface area contributed by atoms with E-state index in [9.17, 15) is 36.3 Å². The van der Waals surface area contributed by atoms with Crippen molar-refractivity contribution in [3.05, 3.63) is 83.8 Å². The first-order valence-corrected chi connectivity index (χ1v) is 13.2. The summed E-state index contributed by atoms with van der Waals surface area (Å²) in [6.45, 7) is 3.38. The quantitative estimate of drug-likeness (QED) is 0.385. The number of carbonyl (C=O) groups is 2. The molecule has 3 aromatic rings. The fourth-order valence-corrected chi connectivity index (χ4v) is 4.82. The van der Waals surface area contributed by atoms with Gasteiger partial charge >= 0.3 is 18.2 Å². The summed E-state index contributed by atoms with van der Waals surface area (Å²) in [6, 6.07) is 11.1. The summed E-state index contributed by atoms with van der Waals surface area (Å²) in [5, 5.41) is 9.33. The maximum absolute atomic E-state index is 13.5. The third-order valence-corrected chi connectivity index (χ3v) is 7.00. The maximum Gasteiger partial charge on any atom is 0.416 e. The number of benzene rings is 1. The molecular weight excluding hydrogens is 553 g/mol. The second kappa shape index (κ2) is 12.0. The molecule has 14 heteroatoms. The number of aromatic nitrogens is 2. The lowest BCUT2D eigenvalue weighted by Gasteiger charge is -2.26. The van der Waals surface area contributed by atoms with Crippen LogP contribution in [0.5, 0.6) is 0 Å². The molecule has 10 nitrogen and oxygen atoms in total. The summed E-state index contributed by atoms with van der Waals surface area (Å²) in [6.07, 6.45) is -3.00. The van der Waals surface area contributed by atoms with Crippen molar-refractivity contribution in [3.63, 3.8) is 0 Å². The summed E-state index contributed by atoms with van der Waals surface area (Å²) in [7, 11) is -4.22. The molecule has 40 heavy (non-hydrogen) atoms. The molecule has 3 rings (SSSR count). The second-order valence-electron chi connectivity index (χ2n) is 9.60. The van der Waals surface area contributed by atoms with Gasteiger partial charge in [0, 0.05) is 18.9 Å². The van der Waals surface area contributed by atoms with Crippen LogP contribution in [0.25, 0.3) is 0 Å². The molecule has 2 aromatic heterocycles. The Morgan fingerprint density at radius 1 is 0.975 bits per heavy atom. The lowest BCUT2D eigenvalue weighted by molar-refractivity contribution is -0.137. The normalized spacial score (nSPS) is 12.3. The van der Waals surface area contributed by atoms with Crippen molar-refractivity contribution in [2.45, 2.75) is 50.5 Å². The van der Waals surface area contributed by atoms with Crippen LogP contribution in [0.15, 0.2) is 71.9 Å². The van der Waals surface area contributed by atoms with Crippen molar-refractivity contribution < 1.29 is 41.0 Å². The molecule has 214 valence electrons. The van der Waals surface area contributed by atoms with Gasteiger partial charge in [-0.15, -0.1) is 0 Å². The summed E-state index contributed by atoms with van der Waals surface area (Å²) < 4.78 is 72.4. The zero-order valence-corrected chi connectivity index (χ0v) is 22.6. The van der Waals surface area contributed by atoms with Gasteiger partial charge < -0.3 is 9.84 Å². The Labute approximate surface area is 229 Å². The number of aliphatic carboxylic acids is 1. The van der Waals surface area contributed by atoms with Gasteiger partial charge in [-0.1, -0.05) is 18.2 Å². The fraction of sp³-hybridized carbons (Fsp3) is 0.308. The topological polar surface area (TPSA) is 130 Å². The lowest BCUT2D eigenvalue weighted by Crippen LogP contribution is -2.40. The first-order chi connectivity index (χ1) is 18.6. The number of carbonyl (C=O) groups excluding carboxylic acids is 1. The highest BCUT2D eigenvalue weighted by atomic mass is 32.2. The molecule has 0 radical (unpaired) electrons. The number of carboxylic acids is 1. The van der Waals surface area contributed by atoms with Crippen LogP contribution in [0.1, 0.15) is 37.6 Å². The highest BCUT2D eigenvalue weighted by Crippen LogP contribution is 2.30. The van der Waals surface area contributed by atoms with Crippen molar-refractivity contribution >= 4 is 27.9 Å². The van der Waals surface area contributed by atoms with Crippen LogP contribution in [0, 0.1) is 0 Å². The third kappa shape index (κ3) is 8.23. The molecule has 1 aromatic carbocycles. The number of carboxylic acid groups (broad SMARTS) is 1. The van der Waals surface area contributed by atoms with Crippen LogP contribution in [-0.2, 0) is 38.8 Å². The Morgan fingerprint density at radius 3 is 2.20 bits per heavy atom. The van der Waals surface area contributed by atoms with Crippen LogP contribution in [0.4, 0.5) is 23.8 Å². The number of rotatable bonds is 9. The number of amides is 1. The molecule has 0 atom stereocenters. The number of pyridine rings is 2. The molecule has 0 saturated carbocycles. The number of hydrogen-bond donors (Lipinski definition) is 1. The number of ether oxygens (including phenoxy) is 1. The van der Waals surface area contributed by atoms with E-state index in [-0.39, 0.29) is 35.1 Å². The molecule has 1 N–H and O–H groups in total. The SMILES string of the molecule is CC(C)(C)OC(=O)N(CC(=O)O)c1cccc(CN(Cc2ccc(C(F)(F)F)cc2)S(=O)(=O)c2cccnc2)n1. The Balaban J connectivity index is 1.98. The van der Waals surface area contributed by atoms with Gasteiger partial charge in [-0.05, 0) is 62.7 Å². The van der Waals surface area contributed by atoms with Crippen LogP contribution >= 0.6 is 0 Å². The molecule has 0 aliphatic rings. The zero-order chi connectivity index (χ0) is 29.7. The summed E-state index contributed by atoms with van der Waals surface area (Å²) in [5.41, 5.74) is -1.40. The molecule has 2 heterocycles. The van der Waals surface area contributed by atoms with Crippen molar-refractivity contribution in [3.8, 4) is 0 Å². The highest BCUT2D eigenvalue weighted by Gasteiger charge is 2.31. The maximum atomic E-state index is 13.5. The lowest BCUT2D eigenvalue weighted by atomic mass is 10.1. The van der Waals surface area contributed by atoms with Crippen LogP contribution in [0.3, 0.4) is 0 Å². The summed E-state index contributed by atoms with van der Waals surface area (Å²) in [5.74, 6) is -1.43. The second-order valence-corrected chi connectivity index (χ2v) is 11.5. The smallest absolute Gasteiger partial charge is 0.416 e. The van der Waals surface area contributed by atoms with Gasteiger partial charge in [0.2, 0.25) is 10.0 Å². The molecule has 0 bridgehead atoms. The predicted molar refractivity (Wildman–Crippen MR) is 138 cm³/mol. The summed E-state index contributed by atoms with van der Waals surface area (Å²) >= 11 is 0. The average molecular weight is 581 g/mol. The van der Waals surface area contributed by atoms with Gasteiger partial charge in [-0.25, -0.2) is 18.2 Å². The fourth-order valence-electron chi connectivity index (χ4n) is 3.45. The van der Waals surface area contributed by atoms with E-state index in [0.29, 0.717) is 0 Å². The number of halogens is 3. The van der Waals surface area contributed by atoms with Gasteiger partial charge in [-0.3, -0.25) is 14.7 Å². The van der Waals surface area contributed by atoms with Gasteiger partial charge in [0.15, 0.2) is 0 Å². The van der Waals surface area contributed by atoms with E-state index in [1.807, 2.05) is 0 Å². The molecule has 0 fully saturated rings. The van der Waals surface area contributed by atoms with Gasteiger partial charge in [0.05, 0.1) is 17.8 Å². The first-order valence-electron chi connectivity index (χ1n) is 11.8. The third-order valence-electron chi connectivity index (χ3n) is 5.23. The molecular formula is C26H27F3N4O6S. The number of hydrogen-bond acceptors (Lipinski definition) is 7. The Kier molecular flexibility index (Phi) is 9.15. The summed E-state index contributed by atoms with van der Waals surface area (Å²) in [4.78, 5) is 33.0. The van der Waals surface area contributed by atoms with E-state index in [1.165, 1.54) is 48.7 Å². The molecule has 0 unspecified atom stereocenters. The first kappa shape index (κ1) is 30.5. The minimum absolute atomic E-state index is 0.0950. The predicted octanol–water partition coefficient (Wildman–Crippen LogP) is 4.71. The van der Waals surface area contributed by atoms with Gasteiger partial charge in [-0.2, -0.15) is 17.5 Å². The Hall–Kier alpha value is -4.04. The van der Waals surface area contributed by atoms with E-state index in [4.69, 9.17) is 4.74 Å². The average Bonchev–Trinajstić information content (AvgIpc) is 2.86. The molecule has 1 amide bonds. The van der Waals surface area contributed by atoms with Crippen molar-refractivity contribution in [2.75, 3.05) is 11.4 Å². The minimum Gasteiger partial charge on any atom is -0.480 e. The van der Waals surface area contributed by atoms with Crippen molar-refractivity contribution in [1.29, 1.82) is 0 Å². The molecule has 0 aliphatic carbocycles. The largest absolute Gasteiger partial charge is 0.480 e. The zero-order valence-electron chi connectivity index (χ0n) is 21.8. The molecule has 0 saturated heterocycles. The highest BCUT2D eigenvalue weighted by molar-refractivity contribution is 7.89. The van der Waals surface area contributed by atoms with E-state index < -0.39 is 46.0 Å². The number of nitrogens with zero attached hydrogens (tertiary/aromatic N) is 4. The van der Waals surface area contributed by atoms with Crippen LogP contribution in [0.2, 0.25) is 0 Å². The van der Waals surface area contributed by atoms with Crippen molar-refractivity contribution in [2.24, 2.45) is 0 Å². The number of anilines is 1. The van der Waals surface area contributed by atoms with Crippen LogP contribution < -0.4 is 4.90 Å². The van der Waals surface area contributed by atoms with E-state index in [2.05, 4.69) is 9.97 Å².